The molecule has 0 radical (unpaired) electrons. The fraction of sp³-hybridized carbons (Fsp3) is 0.250. The lowest BCUT2D eigenvalue weighted by Gasteiger charge is -2.25. The highest BCUT2D eigenvalue weighted by Gasteiger charge is 2.27. The van der Waals surface area contributed by atoms with Gasteiger partial charge in [-0.2, -0.15) is 0 Å². The number of hydrogen-bond acceptors (Lipinski definition) is 5. The van der Waals surface area contributed by atoms with Gasteiger partial charge in [0.25, 0.3) is 11.6 Å². The van der Waals surface area contributed by atoms with E-state index in [9.17, 15) is 24.5 Å². The third kappa shape index (κ3) is 2.63. The Kier molecular flexibility index (Phi) is 3.47. The molecular formula is C12H11N3O5. The predicted molar refractivity (Wildman–Crippen MR) is 66.9 cm³/mol. The van der Waals surface area contributed by atoms with Crippen molar-refractivity contribution in [2.24, 2.45) is 0 Å². The van der Waals surface area contributed by atoms with Crippen molar-refractivity contribution in [2.45, 2.75) is 6.92 Å². The Morgan fingerprint density at radius 1 is 1.30 bits per heavy atom. The summed E-state index contributed by atoms with van der Waals surface area (Å²) in [5.41, 5.74) is 0.457. The second-order valence-electron chi connectivity index (χ2n) is 4.39. The van der Waals surface area contributed by atoms with Gasteiger partial charge in [-0.15, -0.1) is 0 Å². The highest BCUT2D eigenvalue weighted by molar-refractivity contribution is 6.05. The van der Waals surface area contributed by atoms with Crippen LogP contribution in [0.1, 0.15) is 15.9 Å². The Hall–Kier alpha value is -2.77. The van der Waals surface area contributed by atoms with Gasteiger partial charge < -0.3 is 4.90 Å². The van der Waals surface area contributed by atoms with Crippen LogP contribution in [0.2, 0.25) is 0 Å². The zero-order valence-corrected chi connectivity index (χ0v) is 10.6. The lowest BCUT2D eigenvalue weighted by molar-refractivity contribution is -0.385. The monoisotopic (exact) mass is 277 g/mol. The van der Waals surface area contributed by atoms with Crippen LogP contribution in [0.15, 0.2) is 18.2 Å². The third-order valence-corrected chi connectivity index (χ3v) is 2.88. The lowest BCUT2D eigenvalue weighted by Crippen LogP contribution is -2.53. The minimum Gasteiger partial charge on any atom is -0.320 e. The molecule has 1 fully saturated rings. The molecule has 1 saturated heterocycles. The molecule has 0 aliphatic carbocycles. The van der Waals surface area contributed by atoms with Crippen LogP contribution in [0.3, 0.4) is 0 Å². The highest BCUT2D eigenvalue weighted by atomic mass is 16.6. The molecule has 8 heteroatoms. The summed E-state index contributed by atoms with van der Waals surface area (Å²) in [5, 5.41) is 12.8. The van der Waals surface area contributed by atoms with Crippen molar-refractivity contribution in [2.75, 3.05) is 13.1 Å². The number of nitrogens with one attached hydrogen (secondary N) is 1. The number of carbonyl (C=O) groups excluding carboxylic acids is 3. The molecule has 0 saturated carbocycles. The van der Waals surface area contributed by atoms with Crippen molar-refractivity contribution < 1.29 is 19.3 Å². The first kappa shape index (κ1) is 13.7. The molecule has 0 spiro atoms. The van der Waals surface area contributed by atoms with E-state index in [0.717, 1.165) is 4.90 Å². The van der Waals surface area contributed by atoms with Gasteiger partial charge in [-0.25, -0.2) is 0 Å². The van der Waals surface area contributed by atoms with E-state index in [1.165, 1.54) is 25.1 Å². The maximum atomic E-state index is 12.1. The van der Waals surface area contributed by atoms with Crippen LogP contribution in [0.25, 0.3) is 0 Å². The molecule has 20 heavy (non-hydrogen) atoms. The fourth-order valence-electron chi connectivity index (χ4n) is 1.96. The molecule has 2 rings (SSSR count). The Morgan fingerprint density at radius 3 is 2.40 bits per heavy atom. The van der Waals surface area contributed by atoms with Crippen LogP contribution >= 0.6 is 0 Å². The van der Waals surface area contributed by atoms with Gasteiger partial charge in [-0.05, 0) is 19.1 Å². The van der Waals surface area contributed by atoms with Crippen LogP contribution in [0, 0.1) is 17.0 Å². The van der Waals surface area contributed by atoms with Crippen LogP contribution in [-0.2, 0) is 9.59 Å². The summed E-state index contributed by atoms with van der Waals surface area (Å²) in [6, 6.07) is 3.91. The number of benzene rings is 1. The maximum Gasteiger partial charge on any atom is 0.272 e. The summed E-state index contributed by atoms with van der Waals surface area (Å²) < 4.78 is 0. The number of imide groups is 1. The van der Waals surface area contributed by atoms with E-state index in [0.29, 0.717) is 5.56 Å². The fourth-order valence-corrected chi connectivity index (χ4v) is 1.96. The Morgan fingerprint density at radius 2 is 1.90 bits per heavy atom. The zero-order chi connectivity index (χ0) is 14.9. The Bertz CT molecular complexity index is 610. The minimum absolute atomic E-state index is 0.0889. The van der Waals surface area contributed by atoms with Crippen molar-refractivity contribution in [3.63, 3.8) is 0 Å². The van der Waals surface area contributed by atoms with Gasteiger partial charge in [0.1, 0.15) is 13.1 Å². The first-order chi connectivity index (χ1) is 9.38. The number of aryl methyl sites for hydroxylation is 1. The van der Waals surface area contributed by atoms with Crippen molar-refractivity contribution in [1.82, 2.24) is 10.2 Å². The highest BCUT2D eigenvalue weighted by Crippen LogP contribution is 2.19. The van der Waals surface area contributed by atoms with E-state index < -0.39 is 22.6 Å². The van der Waals surface area contributed by atoms with Gasteiger partial charge in [-0.3, -0.25) is 29.8 Å². The van der Waals surface area contributed by atoms with E-state index >= 15 is 0 Å². The van der Waals surface area contributed by atoms with E-state index in [-0.39, 0.29) is 24.3 Å². The third-order valence-electron chi connectivity index (χ3n) is 2.88. The average Bonchev–Trinajstić information content (AvgIpc) is 2.36. The first-order valence-electron chi connectivity index (χ1n) is 5.75. The second kappa shape index (κ2) is 5.08. The van der Waals surface area contributed by atoms with E-state index in [4.69, 9.17) is 0 Å². The molecule has 1 N–H and O–H groups in total. The molecule has 1 aromatic rings. The van der Waals surface area contributed by atoms with E-state index in [1.807, 2.05) is 0 Å². The van der Waals surface area contributed by atoms with Gasteiger partial charge >= 0.3 is 0 Å². The summed E-state index contributed by atoms with van der Waals surface area (Å²) in [4.78, 5) is 45.8. The van der Waals surface area contributed by atoms with Gasteiger partial charge in [0.2, 0.25) is 11.8 Å². The first-order valence-corrected chi connectivity index (χ1v) is 5.75. The van der Waals surface area contributed by atoms with Crippen molar-refractivity contribution in [3.05, 3.63) is 39.4 Å². The van der Waals surface area contributed by atoms with Gasteiger partial charge in [-0.1, -0.05) is 0 Å². The number of piperazine rings is 1. The SMILES string of the molecule is Cc1cc(C(=O)N2CC(=O)NC(=O)C2)ccc1[N+](=O)[O-]. The maximum absolute atomic E-state index is 12.1. The Balaban J connectivity index is 2.25. The molecule has 1 heterocycles. The van der Waals surface area contributed by atoms with Gasteiger partial charge in [0, 0.05) is 17.2 Å². The number of hydrogen-bond donors (Lipinski definition) is 1. The largest absolute Gasteiger partial charge is 0.320 e. The molecule has 0 atom stereocenters. The number of carbonyl (C=O) groups is 3. The molecule has 0 unspecified atom stereocenters. The van der Waals surface area contributed by atoms with Crippen molar-refractivity contribution in [1.29, 1.82) is 0 Å². The number of nitrogens with zero attached hydrogens (tertiary/aromatic N) is 2. The summed E-state index contributed by atoms with van der Waals surface area (Å²) in [6.07, 6.45) is 0. The van der Waals surface area contributed by atoms with Crippen molar-refractivity contribution >= 4 is 23.4 Å². The van der Waals surface area contributed by atoms with Crippen LogP contribution < -0.4 is 5.32 Å². The van der Waals surface area contributed by atoms with Crippen molar-refractivity contribution in [3.8, 4) is 0 Å². The number of nitro benzene ring substituents is 1. The van der Waals surface area contributed by atoms with Crippen LogP contribution in [0.5, 0.6) is 0 Å². The molecule has 3 amide bonds. The predicted octanol–water partition coefficient (Wildman–Crippen LogP) is 0.00182. The number of amides is 3. The van der Waals surface area contributed by atoms with Gasteiger partial charge in [0.05, 0.1) is 4.92 Å². The smallest absolute Gasteiger partial charge is 0.272 e. The average molecular weight is 277 g/mol. The quantitative estimate of drug-likeness (QED) is 0.465. The topological polar surface area (TPSA) is 110 Å². The summed E-state index contributed by atoms with van der Waals surface area (Å²) in [7, 11) is 0. The normalized spacial score (nSPS) is 14.9. The molecule has 1 aliphatic rings. The van der Waals surface area contributed by atoms with Crippen LogP contribution in [0.4, 0.5) is 5.69 Å². The molecule has 1 aliphatic heterocycles. The minimum atomic E-state index is -0.548. The molecule has 1 aromatic carbocycles. The molecular weight excluding hydrogens is 266 g/mol. The zero-order valence-electron chi connectivity index (χ0n) is 10.6. The molecule has 0 bridgehead atoms. The van der Waals surface area contributed by atoms with E-state index in [1.54, 1.807) is 0 Å². The molecule has 104 valence electrons. The standard InChI is InChI=1S/C12H11N3O5/c1-7-4-8(2-3-9(7)15(19)20)12(18)14-5-10(16)13-11(17)6-14/h2-4H,5-6H2,1H3,(H,13,16,17). The summed E-state index contributed by atoms with van der Waals surface area (Å²) in [6.45, 7) is 1.10. The summed E-state index contributed by atoms with van der Waals surface area (Å²) in [5.74, 6) is -1.60. The van der Waals surface area contributed by atoms with Gasteiger partial charge in [0.15, 0.2) is 0 Å². The van der Waals surface area contributed by atoms with E-state index in [2.05, 4.69) is 5.32 Å². The summed E-state index contributed by atoms with van der Waals surface area (Å²) >= 11 is 0. The molecule has 0 aromatic heterocycles. The van der Waals surface area contributed by atoms with Crippen LogP contribution in [-0.4, -0.2) is 40.6 Å². The second-order valence-corrected chi connectivity index (χ2v) is 4.39. The molecule has 8 nitrogen and oxygen atoms in total. The number of nitro groups is 1. The Labute approximate surface area is 113 Å². The lowest BCUT2D eigenvalue weighted by atomic mass is 10.1. The number of rotatable bonds is 2.